The van der Waals surface area contributed by atoms with Gasteiger partial charge in [-0.05, 0) is 36.1 Å². The molecular weight excluding hydrogens is 286 g/mol. The highest BCUT2D eigenvalue weighted by Gasteiger charge is 2.22. The molecule has 3 nitrogen and oxygen atoms in total. The van der Waals surface area contributed by atoms with Crippen molar-refractivity contribution in [1.29, 1.82) is 0 Å². The highest BCUT2D eigenvalue weighted by atomic mass is 16.5. The second-order valence-corrected chi connectivity index (χ2v) is 6.50. The van der Waals surface area contributed by atoms with Crippen molar-refractivity contribution in [2.24, 2.45) is 5.92 Å². The van der Waals surface area contributed by atoms with Gasteiger partial charge in [-0.25, -0.2) is 0 Å². The van der Waals surface area contributed by atoms with Gasteiger partial charge in [-0.3, -0.25) is 4.79 Å². The molecule has 0 unspecified atom stereocenters. The summed E-state index contributed by atoms with van der Waals surface area (Å²) in [5.74, 6) is 1.47. The molecule has 1 N–H and O–H groups in total. The number of carbonyl (C=O) groups excluding carboxylic acids is 1. The van der Waals surface area contributed by atoms with Crippen molar-refractivity contribution in [3.63, 3.8) is 0 Å². The van der Waals surface area contributed by atoms with Gasteiger partial charge in [0.05, 0.1) is 12.6 Å². The summed E-state index contributed by atoms with van der Waals surface area (Å²) in [6.45, 7) is 5.03. The molecule has 2 aromatic carbocycles. The number of benzene rings is 2. The normalized spacial score (nSPS) is 16.6. The second-order valence-electron chi connectivity index (χ2n) is 6.50. The Morgan fingerprint density at radius 3 is 2.65 bits per heavy atom. The standard InChI is InChI=1S/C20H23NO2/c1-14(2)13-15-7-9-16(10-8-15)20(22)21-18-11-12-23-19-6-4-3-5-17(18)19/h3-10,14,18H,11-13H2,1-2H3,(H,21,22)/t18-/m1/s1. The fourth-order valence-electron chi connectivity index (χ4n) is 3.00. The van der Waals surface area contributed by atoms with E-state index < -0.39 is 0 Å². The first-order chi connectivity index (χ1) is 11.1. The van der Waals surface area contributed by atoms with Gasteiger partial charge in [0.25, 0.3) is 5.91 Å². The Morgan fingerprint density at radius 1 is 1.17 bits per heavy atom. The maximum Gasteiger partial charge on any atom is 0.251 e. The lowest BCUT2D eigenvalue weighted by Crippen LogP contribution is -2.32. The zero-order valence-corrected chi connectivity index (χ0v) is 13.7. The molecule has 2 aromatic rings. The number of hydrogen-bond donors (Lipinski definition) is 1. The Labute approximate surface area is 137 Å². The average molecular weight is 309 g/mol. The van der Waals surface area contributed by atoms with Gasteiger partial charge in [0, 0.05) is 17.5 Å². The predicted octanol–water partition coefficient (Wildman–Crippen LogP) is 4.14. The van der Waals surface area contributed by atoms with Crippen LogP contribution < -0.4 is 10.1 Å². The Morgan fingerprint density at radius 2 is 1.91 bits per heavy atom. The molecule has 0 aliphatic carbocycles. The van der Waals surface area contributed by atoms with Crippen LogP contribution in [0, 0.1) is 5.92 Å². The minimum absolute atomic E-state index is 0.0165. The number of rotatable bonds is 4. The van der Waals surface area contributed by atoms with Crippen molar-refractivity contribution in [3.8, 4) is 5.75 Å². The number of ether oxygens (including phenoxy) is 1. The molecule has 0 aromatic heterocycles. The summed E-state index contributed by atoms with van der Waals surface area (Å²) in [5, 5.41) is 3.13. The Hall–Kier alpha value is -2.29. The predicted molar refractivity (Wildman–Crippen MR) is 91.7 cm³/mol. The first-order valence-electron chi connectivity index (χ1n) is 8.25. The van der Waals surface area contributed by atoms with Crippen LogP contribution in [0.2, 0.25) is 0 Å². The van der Waals surface area contributed by atoms with E-state index >= 15 is 0 Å². The zero-order valence-electron chi connectivity index (χ0n) is 13.7. The van der Waals surface area contributed by atoms with Crippen LogP contribution in [-0.4, -0.2) is 12.5 Å². The van der Waals surface area contributed by atoms with E-state index in [1.54, 1.807) is 0 Å². The molecule has 1 atom stereocenters. The molecule has 3 heteroatoms. The van der Waals surface area contributed by atoms with Crippen LogP contribution in [0.1, 0.15) is 47.8 Å². The van der Waals surface area contributed by atoms with E-state index in [4.69, 9.17) is 4.74 Å². The maximum absolute atomic E-state index is 12.5. The maximum atomic E-state index is 12.5. The number of nitrogens with one attached hydrogen (secondary N) is 1. The van der Waals surface area contributed by atoms with Gasteiger partial charge < -0.3 is 10.1 Å². The lowest BCUT2D eigenvalue weighted by Gasteiger charge is -2.26. The SMILES string of the molecule is CC(C)Cc1ccc(C(=O)N[C@@H]2CCOc3ccccc32)cc1. The van der Waals surface area contributed by atoms with E-state index in [9.17, 15) is 4.79 Å². The van der Waals surface area contributed by atoms with E-state index in [2.05, 4.69) is 19.2 Å². The highest BCUT2D eigenvalue weighted by Crippen LogP contribution is 2.31. The van der Waals surface area contributed by atoms with Crippen LogP contribution >= 0.6 is 0 Å². The van der Waals surface area contributed by atoms with E-state index in [0.29, 0.717) is 18.1 Å². The van der Waals surface area contributed by atoms with Crippen molar-refractivity contribution in [1.82, 2.24) is 5.32 Å². The molecule has 3 rings (SSSR count). The van der Waals surface area contributed by atoms with Gasteiger partial charge in [-0.1, -0.05) is 44.2 Å². The lowest BCUT2D eigenvalue weighted by molar-refractivity contribution is 0.0925. The molecule has 0 spiro atoms. The van der Waals surface area contributed by atoms with Crippen molar-refractivity contribution in [2.75, 3.05) is 6.61 Å². The fraction of sp³-hybridized carbons (Fsp3) is 0.350. The van der Waals surface area contributed by atoms with Crippen LogP contribution in [0.3, 0.4) is 0 Å². The van der Waals surface area contributed by atoms with Crippen molar-refractivity contribution < 1.29 is 9.53 Å². The van der Waals surface area contributed by atoms with Crippen LogP contribution in [0.15, 0.2) is 48.5 Å². The Bertz CT molecular complexity index is 676. The molecule has 0 radical (unpaired) electrons. The summed E-state index contributed by atoms with van der Waals surface area (Å²) in [5.41, 5.74) is 3.04. The molecule has 0 saturated carbocycles. The molecular formula is C20H23NO2. The lowest BCUT2D eigenvalue weighted by atomic mass is 9.99. The van der Waals surface area contributed by atoms with Crippen LogP contribution in [0.4, 0.5) is 0 Å². The van der Waals surface area contributed by atoms with E-state index in [1.165, 1.54) is 5.56 Å². The van der Waals surface area contributed by atoms with Gasteiger partial charge >= 0.3 is 0 Å². The monoisotopic (exact) mass is 309 g/mol. The molecule has 23 heavy (non-hydrogen) atoms. The van der Waals surface area contributed by atoms with Gasteiger partial charge in [0.15, 0.2) is 0 Å². The van der Waals surface area contributed by atoms with Crippen LogP contribution in [-0.2, 0) is 6.42 Å². The summed E-state index contributed by atoms with van der Waals surface area (Å²) in [6.07, 6.45) is 1.84. The first kappa shape index (κ1) is 15.6. The fourth-order valence-corrected chi connectivity index (χ4v) is 3.00. The van der Waals surface area contributed by atoms with Crippen molar-refractivity contribution >= 4 is 5.91 Å². The number of amides is 1. The summed E-state index contributed by atoms with van der Waals surface area (Å²) in [4.78, 5) is 12.5. The number of fused-ring (bicyclic) bond motifs is 1. The highest BCUT2D eigenvalue weighted by molar-refractivity contribution is 5.94. The molecule has 1 aliphatic rings. The Kier molecular flexibility index (Phi) is 4.65. The summed E-state index contributed by atoms with van der Waals surface area (Å²) >= 11 is 0. The minimum Gasteiger partial charge on any atom is -0.493 e. The van der Waals surface area contributed by atoms with Gasteiger partial charge in [-0.15, -0.1) is 0 Å². The largest absolute Gasteiger partial charge is 0.493 e. The summed E-state index contributed by atoms with van der Waals surface area (Å²) in [6, 6.07) is 15.8. The number of carbonyl (C=O) groups is 1. The smallest absolute Gasteiger partial charge is 0.251 e. The molecule has 0 saturated heterocycles. The van der Waals surface area contributed by atoms with Gasteiger partial charge in [-0.2, -0.15) is 0 Å². The topological polar surface area (TPSA) is 38.3 Å². The van der Waals surface area contributed by atoms with Crippen molar-refractivity contribution in [2.45, 2.75) is 32.7 Å². The van der Waals surface area contributed by atoms with E-state index in [0.717, 1.165) is 24.2 Å². The molecule has 1 aliphatic heterocycles. The number of para-hydroxylation sites is 1. The van der Waals surface area contributed by atoms with E-state index in [-0.39, 0.29) is 11.9 Å². The second kappa shape index (κ2) is 6.86. The minimum atomic E-state index is -0.0252. The van der Waals surface area contributed by atoms with E-state index in [1.807, 2.05) is 48.5 Å². The first-order valence-corrected chi connectivity index (χ1v) is 8.25. The third kappa shape index (κ3) is 3.73. The zero-order chi connectivity index (χ0) is 16.2. The van der Waals surface area contributed by atoms with Gasteiger partial charge in [0.1, 0.15) is 5.75 Å². The average Bonchev–Trinajstić information content (AvgIpc) is 2.55. The number of hydrogen-bond acceptors (Lipinski definition) is 2. The summed E-state index contributed by atoms with van der Waals surface area (Å²) < 4.78 is 5.64. The molecule has 0 bridgehead atoms. The van der Waals surface area contributed by atoms with Crippen LogP contribution in [0.5, 0.6) is 5.75 Å². The molecule has 0 fully saturated rings. The Balaban J connectivity index is 1.70. The third-order valence-corrected chi connectivity index (χ3v) is 4.12. The van der Waals surface area contributed by atoms with Crippen molar-refractivity contribution in [3.05, 3.63) is 65.2 Å². The molecule has 120 valence electrons. The summed E-state index contributed by atoms with van der Waals surface area (Å²) in [7, 11) is 0. The van der Waals surface area contributed by atoms with Gasteiger partial charge in [0.2, 0.25) is 0 Å². The molecule has 1 heterocycles. The van der Waals surface area contributed by atoms with Crippen LogP contribution in [0.25, 0.3) is 0 Å². The quantitative estimate of drug-likeness (QED) is 0.922. The third-order valence-electron chi connectivity index (χ3n) is 4.12. The molecule has 1 amide bonds.